The molecule has 0 aliphatic rings. The number of benzene rings is 1. The monoisotopic (exact) mass is 330 g/mol. The first-order valence-electron chi connectivity index (χ1n) is 5.88. The van der Waals surface area contributed by atoms with E-state index in [0.717, 1.165) is 26.3 Å². The largest absolute Gasteiger partial charge is 0.265 e. The van der Waals surface area contributed by atoms with Gasteiger partial charge in [-0.3, -0.25) is 4.98 Å². The van der Waals surface area contributed by atoms with E-state index in [1.807, 2.05) is 30.3 Å². The summed E-state index contributed by atoms with van der Waals surface area (Å²) in [6.45, 7) is 2.11. The third kappa shape index (κ3) is 2.46. The van der Waals surface area contributed by atoms with Crippen molar-refractivity contribution >= 4 is 27.3 Å². The predicted octanol–water partition coefficient (Wildman–Crippen LogP) is 4.94. The second-order valence-electron chi connectivity index (χ2n) is 4.14. The Kier molecular flexibility index (Phi) is 3.44. The van der Waals surface area contributed by atoms with Gasteiger partial charge < -0.3 is 0 Å². The van der Waals surface area contributed by atoms with Gasteiger partial charge in [-0.25, -0.2) is 4.98 Å². The highest BCUT2D eigenvalue weighted by atomic mass is 79.9. The first kappa shape index (κ1) is 12.5. The van der Waals surface area contributed by atoms with Gasteiger partial charge in [0.05, 0.1) is 5.69 Å². The van der Waals surface area contributed by atoms with E-state index in [-0.39, 0.29) is 0 Å². The quantitative estimate of drug-likeness (QED) is 0.664. The van der Waals surface area contributed by atoms with Crippen LogP contribution in [-0.2, 0) is 0 Å². The lowest BCUT2D eigenvalue weighted by Gasteiger charge is -2.01. The van der Waals surface area contributed by atoms with Gasteiger partial charge in [0.15, 0.2) is 0 Å². The summed E-state index contributed by atoms with van der Waals surface area (Å²) in [5.41, 5.74) is 3.29. The van der Waals surface area contributed by atoms with Crippen LogP contribution in [0.2, 0.25) is 0 Å². The van der Waals surface area contributed by atoms with Crippen molar-refractivity contribution in [3.63, 3.8) is 0 Å². The van der Waals surface area contributed by atoms with Crippen molar-refractivity contribution in [2.24, 2.45) is 0 Å². The van der Waals surface area contributed by atoms with Crippen molar-refractivity contribution in [3.8, 4) is 21.8 Å². The number of rotatable bonds is 2. The van der Waals surface area contributed by atoms with Gasteiger partial charge in [0, 0.05) is 32.9 Å². The number of aromatic nitrogens is 2. The van der Waals surface area contributed by atoms with Crippen LogP contribution in [0, 0.1) is 6.92 Å². The molecule has 0 spiro atoms. The highest BCUT2D eigenvalue weighted by molar-refractivity contribution is 9.10. The Labute approximate surface area is 124 Å². The molecule has 0 saturated heterocycles. The zero-order valence-electron chi connectivity index (χ0n) is 10.3. The maximum Gasteiger partial charge on any atom is 0.124 e. The second-order valence-corrected chi connectivity index (χ2v) is 6.20. The Balaban J connectivity index is 2.11. The van der Waals surface area contributed by atoms with Crippen LogP contribution in [0.4, 0.5) is 0 Å². The molecule has 4 heteroatoms. The molecule has 0 bridgehead atoms. The summed E-state index contributed by atoms with van der Waals surface area (Å²) >= 11 is 5.30. The Hall–Kier alpha value is -1.52. The minimum atomic E-state index is 1.03. The maximum atomic E-state index is 4.77. The molecule has 2 aromatic heterocycles. The van der Waals surface area contributed by atoms with Gasteiger partial charge in [0.2, 0.25) is 0 Å². The molecule has 0 atom stereocenters. The summed E-state index contributed by atoms with van der Waals surface area (Å²) in [5.74, 6) is 0. The summed E-state index contributed by atoms with van der Waals surface area (Å²) in [4.78, 5) is 10.0. The van der Waals surface area contributed by atoms with Crippen molar-refractivity contribution in [1.82, 2.24) is 9.97 Å². The third-order valence-corrected chi connectivity index (χ3v) is 4.56. The van der Waals surface area contributed by atoms with E-state index in [4.69, 9.17) is 4.98 Å². The summed E-state index contributed by atoms with van der Waals surface area (Å²) < 4.78 is 1.07. The maximum absolute atomic E-state index is 4.77. The molecule has 0 unspecified atom stereocenters. The highest BCUT2D eigenvalue weighted by Gasteiger charge is 2.12. The smallest absolute Gasteiger partial charge is 0.124 e. The summed E-state index contributed by atoms with van der Waals surface area (Å²) in [6.07, 6.45) is 3.59. The van der Waals surface area contributed by atoms with E-state index in [0.29, 0.717) is 0 Å². The number of nitrogens with zero attached hydrogens (tertiary/aromatic N) is 2. The number of pyridine rings is 1. The van der Waals surface area contributed by atoms with E-state index in [1.165, 1.54) is 4.88 Å². The number of halogens is 1. The van der Waals surface area contributed by atoms with Crippen molar-refractivity contribution < 1.29 is 0 Å². The van der Waals surface area contributed by atoms with E-state index in [9.17, 15) is 0 Å². The molecule has 0 radical (unpaired) electrons. The Morgan fingerprint density at radius 2 is 1.79 bits per heavy atom. The molecule has 0 saturated carbocycles. The van der Waals surface area contributed by atoms with Crippen LogP contribution in [0.5, 0.6) is 0 Å². The topological polar surface area (TPSA) is 25.8 Å². The lowest BCUT2D eigenvalue weighted by molar-refractivity contribution is 1.31. The fourth-order valence-corrected chi connectivity index (χ4v) is 3.32. The minimum absolute atomic E-state index is 1.03. The third-order valence-electron chi connectivity index (χ3n) is 2.85. The molecular formula is C15H11BrN2S. The van der Waals surface area contributed by atoms with Gasteiger partial charge in [-0.15, -0.1) is 11.3 Å². The van der Waals surface area contributed by atoms with Crippen LogP contribution in [0.25, 0.3) is 21.8 Å². The van der Waals surface area contributed by atoms with Gasteiger partial charge in [-0.05, 0) is 25.1 Å². The van der Waals surface area contributed by atoms with Gasteiger partial charge in [0.1, 0.15) is 5.01 Å². The lowest BCUT2D eigenvalue weighted by Crippen LogP contribution is -1.83. The molecule has 0 amide bonds. The van der Waals surface area contributed by atoms with E-state index in [2.05, 4.69) is 33.9 Å². The van der Waals surface area contributed by atoms with Gasteiger partial charge in [0.25, 0.3) is 0 Å². The second kappa shape index (κ2) is 5.23. The zero-order valence-corrected chi connectivity index (χ0v) is 12.7. The molecule has 0 fully saturated rings. The molecule has 19 heavy (non-hydrogen) atoms. The molecule has 94 valence electrons. The molecule has 0 aliphatic carbocycles. The van der Waals surface area contributed by atoms with E-state index in [1.54, 1.807) is 23.7 Å². The average Bonchev–Trinajstić information content (AvgIpc) is 2.82. The van der Waals surface area contributed by atoms with Crippen molar-refractivity contribution in [3.05, 3.63) is 58.1 Å². The van der Waals surface area contributed by atoms with Crippen LogP contribution < -0.4 is 0 Å². The van der Waals surface area contributed by atoms with E-state index >= 15 is 0 Å². The van der Waals surface area contributed by atoms with Gasteiger partial charge in [-0.1, -0.05) is 34.1 Å². The number of hydrogen-bond acceptors (Lipinski definition) is 3. The standard InChI is InChI=1S/C15H11BrN2S/c1-10-14(12-4-2-3-5-13(12)16)18-15(19-10)11-6-8-17-9-7-11/h2-9H,1H3. The van der Waals surface area contributed by atoms with Crippen molar-refractivity contribution in [1.29, 1.82) is 0 Å². The fraction of sp³-hybridized carbons (Fsp3) is 0.0667. The predicted molar refractivity (Wildman–Crippen MR) is 83.2 cm³/mol. The zero-order chi connectivity index (χ0) is 13.2. The van der Waals surface area contributed by atoms with E-state index < -0.39 is 0 Å². The molecule has 0 N–H and O–H groups in total. The minimum Gasteiger partial charge on any atom is -0.265 e. The normalized spacial score (nSPS) is 10.6. The summed E-state index contributed by atoms with van der Waals surface area (Å²) in [7, 11) is 0. The van der Waals surface area contributed by atoms with Crippen LogP contribution in [0.3, 0.4) is 0 Å². The molecule has 3 aromatic rings. The molecule has 0 aliphatic heterocycles. The molecule has 2 nitrogen and oxygen atoms in total. The summed E-state index contributed by atoms with van der Waals surface area (Å²) in [6, 6.07) is 12.1. The molecule has 2 heterocycles. The number of aryl methyl sites for hydroxylation is 1. The Morgan fingerprint density at radius 1 is 1.05 bits per heavy atom. The average molecular weight is 331 g/mol. The number of hydrogen-bond donors (Lipinski definition) is 0. The lowest BCUT2D eigenvalue weighted by atomic mass is 10.1. The molecular weight excluding hydrogens is 320 g/mol. The highest BCUT2D eigenvalue weighted by Crippen LogP contribution is 2.35. The van der Waals surface area contributed by atoms with Crippen molar-refractivity contribution in [2.75, 3.05) is 0 Å². The Bertz CT molecular complexity index is 707. The number of thiazole rings is 1. The summed E-state index contributed by atoms with van der Waals surface area (Å²) in [5, 5.41) is 1.03. The van der Waals surface area contributed by atoms with Crippen LogP contribution >= 0.6 is 27.3 Å². The molecule has 1 aromatic carbocycles. The van der Waals surface area contributed by atoms with Crippen LogP contribution in [0.15, 0.2) is 53.3 Å². The van der Waals surface area contributed by atoms with Gasteiger partial charge >= 0.3 is 0 Å². The molecule has 3 rings (SSSR count). The SMILES string of the molecule is Cc1sc(-c2ccncc2)nc1-c1ccccc1Br. The van der Waals surface area contributed by atoms with Crippen LogP contribution in [-0.4, -0.2) is 9.97 Å². The van der Waals surface area contributed by atoms with Crippen molar-refractivity contribution in [2.45, 2.75) is 6.92 Å². The Morgan fingerprint density at radius 3 is 2.53 bits per heavy atom. The van der Waals surface area contributed by atoms with Gasteiger partial charge in [-0.2, -0.15) is 0 Å². The first-order valence-corrected chi connectivity index (χ1v) is 7.49. The van der Waals surface area contributed by atoms with Crippen LogP contribution in [0.1, 0.15) is 4.88 Å². The fourth-order valence-electron chi connectivity index (χ4n) is 1.92. The first-order chi connectivity index (χ1) is 9.25.